The van der Waals surface area contributed by atoms with E-state index in [0.717, 1.165) is 0 Å². The van der Waals surface area contributed by atoms with Crippen LogP contribution in [0.4, 0.5) is 0 Å². The Morgan fingerprint density at radius 2 is 2.25 bits per heavy atom. The standard InChI is InChI=1S/C4H3ClO4PS2/c5-10(6)9-12(7,8)4-1-2-11-3-4/h1-3H/q+1. The van der Waals surface area contributed by atoms with Gasteiger partial charge in [0, 0.05) is 9.35 Å². The highest BCUT2D eigenvalue weighted by Gasteiger charge is 2.28. The molecule has 1 aromatic rings. The lowest BCUT2D eigenvalue weighted by molar-refractivity contribution is 0.484. The van der Waals surface area contributed by atoms with Crippen molar-refractivity contribution in [1.29, 1.82) is 0 Å². The van der Waals surface area contributed by atoms with Gasteiger partial charge in [-0.3, -0.25) is 0 Å². The van der Waals surface area contributed by atoms with Crippen LogP contribution in [0.5, 0.6) is 0 Å². The van der Waals surface area contributed by atoms with Gasteiger partial charge >= 0.3 is 17.5 Å². The predicted molar refractivity (Wildman–Crippen MR) is 46.0 cm³/mol. The molecule has 0 saturated carbocycles. The van der Waals surface area contributed by atoms with Gasteiger partial charge in [-0.15, -0.1) is 0 Å². The second-order valence-corrected chi connectivity index (χ2v) is 5.71. The molecule has 1 aromatic heterocycles. The summed E-state index contributed by atoms with van der Waals surface area (Å²) in [5, 5.41) is 2.93. The van der Waals surface area contributed by atoms with Crippen LogP contribution in [0.2, 0.25) is 0 Å². The molecule has 0 aliphatic heterocycles. The quantitative estimate of drug-likeness (QED) is 0.767. The third-order valence-electron chi connectivity index (χ3n) is 0.940. The van der Waals surface area contributed by atoms with Gasteiger partial charge in [-0.2, -0.15) is 19.8 Å². The van der Waals surface area contributed by atoms with Crippen LogP contribution in [0.25, 0.3) is 0 Å². The van der Waals surface area contributed by atoms with Crippen LogP contribution < -0.4 is 0 Å². The van der Waals surface area contributed by atoms with Crippen LogP contribution in [0.3, 0.4) is 0 Å². The fraction of sp³-hybridized carbons (Fsp3) is 0. The zero-order chi connectivity index (χ0) is 9.19. The fourth-order valence-electron chi connectivity index (χ4n) is 0.514. The summed E-state index contributed by atoms with van der Waals surface area (Å²) < 4.78 is 36.3. The van der Waals surface area contributed by atoms with E-state index < -0.39 is 17.5 Å². The predicted octanol–water partition coefficient (Wildman–Crippen LogP) is 2.35. The first-order chi connectivity index (χ1) is 5.52. The van der Waals surface area contributed by atoms with Crippen molar-refractivity contribution >= 4 is 40.1 Å². The van der Waals surface area contributed by atoms with E-state index in [1.54, 1.807) is 5.38 Å². The highest BCUT2D eigenvalue weighted by Crippen LogP contribution is 2.33. The molecule has 66 valence electrons. The van der Waals surface area contributed by atoms with Crippen molar-refractivity contribution in [2.45, 2.75) is 4.90 Å². The van der Waals surface area contributed by atoms with Crippen molar-refractivity contribution in [2.75, 3.05) is 0 Å². The summed E-state index contributed by atoms with van der Waals surface area (Å²) in [4.78, 5) is -0.0310. The largest absolute Gasteiger partial charge is 0.651 e. The fourth-order valence-corrected chi connectivity index (χ4v) is 3.62. The van der Waals surface area contributed by atoms with Crippen LogP contribution in [0.1, 0.15) is 0 Å². The Morgan fingerprint density at radius 3 is 2.67 bits per heavy atom. The molecule has 0 aliphatic carbocycles. The van der Waals surface area contributed by atoms with E-state index in [0.29, 0.717) is 0 Å². The summed E-state index contributed by atoms with van der Waals surface area (Å²) in [6.07, 6.45) is 0. The summed E-state index contributed by atoms with van der Waals surface area (Å²) >= 11 is 6.09. The molecule has 1 rings (SSSR count). The number of rotatable bonds is 3. The zero-order valence-corrected chi connectivity index (χ0v) is 8.79. The normalized spacial score (nSPS) is 12.9. The topological polar surface area (TPSA) is 60.4 Å². The number of hydrogen-bond donors (Lipinski definition) is 0. The third-order valence-corrected chi connectivity index (χ3v) is 4.37. The molecule has 1 unspecified atom stereocenters. The maximum atomic E-state index is 11.0. The first-order valence-electron chi connectivity index (χ1n) is 2.62. The number of hydrogen-bond acceptors (Lipinski definition) is 5. The van der Waals surface area contributed by atoms with Crippen LogP contribution in [-0.2, 0) is 18.7 Å². The van der Waals surface area contributed by atoms with E-state index in [1.807, 2.05) is 0 Å². The van der Waals surface area contributed by atoms with Crippen LogP contribution in [0.15, 0.2) is 21.7 Å². The minimum Gasteiger partial charge on any atom is -0.190 e. The molecule has 0 aromatic carbocycles. The summed E-state index contributed by atoms with van der Waals surface area (Å²) in [6, 6.07) is 1.34. The molecule has 4 nitrogen and oxygen atoms in total. The Balaban J connectivity index is 2.96. The Hall–Kier alpha value is -0.0000000000000000833. The summed E-state index contributed by atoms with van der Waals surface area (Å²) in [5.74, 6) is 0. The average molecular weight is 246 g/mol. The van der Waals surface area contributed by atoms with Gasteiger partial charge in [0.15, 0.2) is 0 Å². The van der Waals surface area contributed by atoms with Crippen LogP contribution >= 0.6 is 30.0 Å². The summed E-state index contributed by atoms with van der Waals surface area (Å²) in [5.41, 5.74) is 0. The molecule has 1 atom stereocenters. The second-order valence-electron chi connectivity index (χ2n) is 1.70. The molecule has 0 amide bonds. The minimum atomic E-state index is -3.92. The van der Waals surface area contributed by atoms with Gasteiger partial charge in [-0.05, 0) is 16.0 Å². The first kappa shape index (κ1) is 10.1. The third kappa shape index (κ3) is 2.50. The van der Waals surface area contributed by atoms with E-state index in [-0.39, 0.29) is 4.90 Å². The highest BCUT2D eigenvalue weighted by molar-refractivity contribution is 7.93. The molecule has 0 spiro atoms. The van der Waals surface area contributed by atoms with Crippen molar-refractivity contribution in [3.05, 3.63) is 16.8 Å². The van der Waals surface area contributed by atoms with Crippen LogP contribution in [-0.4, -0.2) is 8.42 Å². The molecular weight excluding hydrogens is 243 g/mol. The van der Waals surface area contributed by atoms with Crippen LogP contribution in [0, 0.1) is 0 Å². The smallest absolute Gasteiger partial charge is 0.190 e. The SMILES string of the molecule is O=[P+](Cl)OS(=O)(=O)c1ccsc1. The van der Waals surface area contributed by atoms with Crippen molar-refractivity contribution < 1.29 is 17.0 Å². The highest BCUT2D eigenvalue weighted by atomic mass is 35.7. The van der Waals surface area contributed by atoms with Gasteiger partial charge in [0.2, 0.25) is 11.2 Å². The summed E-state index contributed by atoms with van der Waals surface area (Å²) in [6.45, 7) is 0. The van der Waals surface area contributed by atoms with Crippen molar-refractivity contribution in [2.24, 2.45) is 0 Å². The summed E-state index contributed by atoms with van der Waals surface area (Å²) in [7, 11) is -6.58. The lowest BCUT2D eigenvalue weighted by Gasteiger charge is -1.87. The Bertz CT molecular complexity index is 370. The van der Waals surface area contributed by atoms with Gasteiger partial charge in [0.1, 0.15) is 4.90 Å². The molecule has 0 saturated heterocycles. The minimum absolute atomic E-state index is 0.0310. The second kappa shape index (κ2) is 3.81. The molecule has 0 N–H and O–H groups in total. The number of thiophene rings is 1. The van der Waals surface area contributed by atoms with Gasteiger partial charge in [0.25, 0.3) is 0 Å². The molecule has 0 fully saturated rings. The first-order valence-corrected chi connectivity index (χ1v) is 7.05. The van der Waals surface area contributed by atoms with Gasteiger partial charge < -0.3 is 0 Å². The maximum Gasteiger partial charge on any atom is 0.651 e. The van der Waals surface area contributed by atoms with Crippen molar-refractivity contribution in [3.63, 3.8) is 0 Å². The van der Waals surface area contributed by atoms with E-state index in [1.165, 1.54) is 22.8 Å². The Morgan fingerprint density at radius 1 is 1.58 bits per heavy atom. The lowest BCUT2D eigenvalue weighted by atomic mass is 10.7. The Kier molecular flexibility index (Phi) is 3.20. The van der Waals surface area contributed by atoms with Crippen molar-refractivity contribution in [1.82, 2.24) is 0 Å². The molecule has 12 heavy (non-hydrogen) atoms. The molecular formula is C4H3ClO4PS2+. The maximum absolute atomic E-state index is 11.0. The molecule has 0 aliphatic rings. The molecule has 1 heterocycles. The van der Waals surface area contributed by atoms with E-state index in [9.17, 15) is 13.0 Å². The lowest BCUT2D eigenvalue weighted by Crippen LogP contribution is -1.98. The van der Waals surface area contributed by atoms with Crippen molar-refractivity contribution in [3.8, 4) is 0 Å². The molecule has 0 radical (unpaired) electrons. The van der Waals surface area contributed by atoms with Gasteiger partial charge in [-0.1, -0.05) is 0 Å². The number of halogens is 1. The molecule has 8 heteroatoms. The average Bonchev–Trinajstić information content (AvgIpc) is 2.32. The zero-order valence-electron chi connectivity index (χ0n) is 5.51. The Labute approximate surface area is 78.9 Å². The monoisotopic (exact) mass is 245 g/mol. The van der Waals surface area contributed by atoms with E-state index >= 15 is 0 Å². The van der Waals surface area contributed by atoms with Gasteiger partial charge in [0.05, 0.1) is 0 Å². The van der Waals surface area contributed by atoms with Gasteiger partial charge in [-0.25, -0.2) is 0 Å². The van der Waals surface area contributed by atoms with E-state index in [4.69, 9.17) is 11.2 Å². The van der Waals surface area contributed by atoms with E-state index in [2.05, 4.69) is 3.97 Å². The molecule has 0 bridgehead atoms.